The summed E-state index contributed by atoms with van der Waals surface area (Å²) in [6.07, 6.45) is 3.32. The zero-order chi connectivity index (χ0) is 15.0. The fourth-order valence-electron chi connectivity index (χ4n) is 1.69. The molecule has 0 atom stereocenters. The van der Waals surface area contributed by atoms with E-state index >= 15 is 0 Å². The van der Waals surface area contributed by atoms with E-state index in [2.05, 4.69) is 0 Å². The lowest BCUT2D eigenvalue weighted by atomic mass is 10.1. The first-order valence-corrected chi connectivity index (χ1v) is 6.66. The molecule has 1 N–H and O–H groups in total. The molecule has 1 aromatic carbocycles. The summed E-state index contributed by atoms with van der Waals surface area (Å²) in [4.78, 5) is 21.7. The molecule has 0 bridgehead atoms. The van der Waals surface area contributed by atoms with E-state index in [-0.39, 0.29) is 12.4 Å². The van der Waals surface area contributed by atoms with E-state index in [0.717, 1.165) is 12.0 Å². The number of aryl methyl sites for hydroxylation is 1. The van der Waals surface area contributed by atoms with E-state index in [9.17, 15) is 9.59 Å². The predicted octanol–water partition coefficient (Wildman–Crippen LogP) is 3.01. The Bertz CT molecular complexity index is 486. The van der Waals surface area contributed by atoms with Gasteiger partial charge in [-0.2, -0.15) is 0 Å². The van der Waals surface area contributed by atoms with E-state index in [4.69, 9.17) is 9.84 Å². The van der Waals surface area contributed by atoms with Gasteiger partial charge in [-0.25, -0.2) is 4.79 Å². The Hall–Kier alpha value is -2.10. The van der Waals surface area contributed by atoms with Crippen LogP contribution in [-0.2, 0) is 16.0 Å². The lowest BCUT2D eigenvalue weighted by Gasteiger charge is -2.05. The second kappa shape index (κ2) is 8.15. The SMILES string of the molecule is CCC(=CCOc1ccc(CCC(C)=O)cc1)C(=O)O. The Morgan fingerprint density at radius 2 is 1.90 bits per heavy atom. The van der Waals surface area contributed by atoms with Crippen molar-refractivity contribution in [2.45, 2.75) is 33.1 Å². The number of hydrogen-bond donors (Lipinski definition) is 1. The Labute approximate surface area is 119 Å². The molecule has 0 radical (unpaired) electrons. The largest absolute Gasteiger partial charge is 0.490 e. The van der Waals surface area contributed by atoms with Crippen molar-refractivity contribution in [1.29, 1.82) is 0 Å². The molecule has 20 heavy (non-hydrogen) atoms. The summed E-state index contributed by atoms with van der Waals surface area (Å²) in [6, 6.07) is 7.49. The average molecular weight is 276 g/mol. The summed E-state index contributed by atoms with van der Waals surface area (Å²) in [7, 11) is 0. The normalized spacial score (nSPS) is 11.2. The molecule has 4 nitrogen and oxygen atoms in total. The summed E-state index contributed by atoms with van der Waals surface area (Å²) in [6.45, 7) is 3.61. The molecule has 0 amide bonds. The van der Waals surface area contributed by atoms with Gasteiger partial charge >= 0.3 is 5.97 Å². The molecule has 0 fully saturated rings. The van der Waals surface area contributed by atoms with Crippen molar-refractivity contribution in [3.05, 3.63) is 41.5 Å². The van der Waals surface area contributed by atoms with Gasteiger partial charge in [0.2, 0.25) is 0 Å². The Balaban J connectivity index is 2.49. The second-order valence-electron chi connectivity index (χ2n) is 4.55. The number of ketones is 1. The summed E-state index contributed by atoms with van der Waals surface area (Å²) >= 11 is 0. The minimum absolute atomic E-state index is 0.177. The van der Waals surface area contributed by atoms with E-state index in [1.807, 2.05) is 24.3 Å². The maximum atomic E-state index is 10.9. The van der Waals surface area contributed by atoms with Crippen LogP contribution in [0, 0.1) is 0 Å². The van der Waals surface area contributed by atoms with Gasteiger partial charge in [-0.1, -0.05) is 19.1 Å². The topological polar surface area (TPSA) is 63.6 Å². The third-order valence-electron chi connectivity index (χ3n) is 2.92. The van der Waals surface area contributed by atoms with Crippen molar-refractivity contribution in [3.8, 4) is 5.75 Å². The first-order chi connectivity index (χ1) is 9.52. The van der Waals surface area contributed by atoms with Crippen molar-refractivity contribution in [1.82, 2.24) is 0 Å². The molecule has 0 saturated carbocycles. The zero-order valence-corrected chi connectivity index (χ0v) is 11.9. The maximum absolute atomic E-state index is 10.9. The van der Waals surface area contributed by atoms with E-state index in [1.165, 1.54) is 0 Å². The summed E-state index contributed by atoms with van der Waals surface area (Å²) in [5.41, 5.74) is 1.44. The minimum atomic E-state index is -0.907. The van der Waals surface area contributed by atoms with Crippen LogP contribution in [0.5, 0.6) is 5.75 Å². The molecule has 0 heterocycles. The number of carboxylic acids is 1. The molecular weight excluding hydrogens is 256 g/mol. The third kappa shape index (κ3) is 5.69. The van der Waals surface area contributed by atoms with Gasteiger partial charge in [0, 0.05) is 12.0 Å². The highest BCUT2D eigenvalue weighted by molar-refractivity contribution is 5.86. The van der Waals surface area contributed by atoms with Crippen molar-refractivity contribution < 1.29 is 19.4 Å². The van der Waals surface area contributed by atoms with Crippen molar-refractivity contribution >= 4 is 11.8 Å². The minimum Gasteiger partial charge on any atom is -0.490 e. The van der Waals surface area contributed by atoms with Crippen LogP contribution in [0.4, 0.5) is 0 Å². The molecule has 0 spiro atoms. The van der Waals surface area contributed by atoms with Gasteiger partial charge in [0.05, 0.1) is 0 Å². The monoisotopic (exact) mass is 276 g/mol. The Morgan fingerprint density at radius 3 is 2.40 bits per heavy atom. The van der Waals surface area contributed by atoms with E-state index < -0.39 is 5.97 Å². The lowest BCUT2D eigenvalue weighted by molar-refractivity contribution is -0.132. The van der Waals surface area contributed by atoms with Crippen LogP contribution in [0.25, 0.3) is 0 Å². The summed E-state index contributed by atoms with van der Waals surface area (Å²) < 4.78 is 5.46. The van der Waals surface area contributed by atoms with Crippen LogP contribution in [0.1, 0.15) is 32.3 Å². The van der Waals surface area contributed by atoms with Gasteiger partial charge in [0.25, 0.3) is 0 Å². The van der Waals surface area contributed by atoms with Crippen LogP contribution in [0.15, 0.2) is 35.9 Å². The third-order valence-corrected chi connectivity index (χ3v) is 2.92. The Kier molecular flexibility index (Phi) is 6.50. The molecule has 0 aliphatic rings. The van der Waals surface area contributed by atoms with Gasteiger partial charge in [-0.3, -0.25) is 0 Å². The van der Waals surface area contributed by atoms with Crippen molar-refractivity contribution in [2.24, 2.45) is 0 Å². The second-order valence-corrected chi connectivity index (χ2v) is 4.55. The number of rotatable bonds is 8. The summed E-state index contributed by atoms with van der Waals surface area (Å²) in [5, 5.41) is 8.86. The van der Waals surface area contributed by atoms with Crippen molar-refractivity contribution in [3.63, 3.8) is 0 Å². The number of carbonyl (C=O) groups is 2. The molecular formula is C16H20O4. The van der Waals surface area contributed by atoms with E-state index in [1.54, 1.807) is 19.9 Å². The number of benzene rings is 1. The first-order valence-electron chi connectivity index (χ1n) is 6.66. The van der Waals surface area contributed by atoms with Crippen LogP contribution in [0.3, 0.4) is 0 Å². The molecule has 0 saturated heterocycles. The molecule has 4 heteroatoms. The van der Waals surface area contributed by atoms with Crippen molar-refractivity contribution in [2.75, 3.05) is 6.61 Å². The van der Waals surface area contributed by atoms with Gasteiger partial charge < -0.3 is 14.6 Å². The number of hydrogen-bond acceptors (Lipinski definition) is 3. The molecule has 0 aliphatic heterocycles. The summed E-state index contributed by atoms with van der Waals surface area (Å²) in [5.74, 6) is -0.0411. The quantitative estimate of drug-likeness (QED) is 0.741. The molecule has 0 aliphatic carbocycles. The molecule has 1 aromatic rings. The predicted molar refractivity (Wildman–Crippen MR) is 76.9 cm³/mol. The number of ether oxygens (including phenoxy) is 1. The van der Waals surface area contributed by atoms with Gasteiger partial charge in [0.15, 0.2) is 0 Å². The highest BCUT2D eigenvalue weighted by atomic mass is 16.5. The molecule has 1 rings (SSSR count). The first kappa shape index (κ1) is 16.0. The molecule has 108 valence electrons. The molecule has 0 aromatic heterocycles. The van der Waals surface area contributed by atoms with Crippen LogP contribution < -0.4 is 4.74 Å². The number of carboxylic acid groups (broad SMARTS) is 1. The average Bonchev–Trinajstić information content (AvgIpc) is 2.42. The highest BCUT2D eigenvalue weighted by Gasteiger charge is 2.03. The fourth-order valence-corrected chi connectivity index (χ4v) is 1.69. The number of aliphatic carboxylic acids is 1. The van der Waals surface area contributed by atoms with Crippen LogP contribution in [0.2, 0.25) is 0 Å². The number of Topliss-reactive ketones (excluding diaryl/α,β-unsaturated/α-hetero) is 1. The lowest BCUT2D eigenvalue weighted by Crippen LogP contribution is -2.03. The highest BCUT2D eigenvalue weighted by Crippen LogP contribution is 2.14. The Morgan fingerprint density at radius 1 is 1.25 bits per heavy atom. The van der Waals surface area contributed by atoms with E-state index in [0.29, 0.717) is 24.2 Å². The standard InChI is InChI=1S/C16H20O4/c1-3-14(16(18)19)10-11-20-15-8-6-13(7-9-15)5-4-12(2)17/h6-10H,3-5,11H2,1-2H3,(H,18,19). The van der Waals surface area contributed by atoms with Crippen LogP contribution >= 0.6 is 0 Å². The number of carbonyl (C=O) groups excluding carboxylic acids is 1. The van der Waals surface area contributed by atoms with Gasteiger partial charge in [0.1, 0.15) is 18.1 Å². The zero-order valence-electron chi connectivity index (χ0n) is 11.9. The van der Waals surface area contributed by atoms with Crippen LogP contribution in [-0.4, -0.2) is 23.5 Å². The smallest absolute Gasteiger partial charge is 0.331 e. The maximum Gasteiger partial charge on any atom is 0.331 e. The molecule has 0 unspecified atom stereocenters. The fraction of sp³-hybridized carbons (Fsp3) is 0.375. The van der Waals surface area contributed by atoms with Gasteiger partial charge in [-0.15, -0.1) is 0 Å². The van der Waals surface area contributed by atoms with Gasteiger partial charge in [-0.05, 0) is 43.5 Å².